The van der Waals surface area contributed by atoms with Crippen molar-refractivity contribution in [2.75, 3.05) is 0 Å². The third-order valence-corrected chi connectivity index (χ3v) is 2.16. The maximum Gasteiger partial charge on any atom is 0.408 e. The molecule has 0 radical (unpaired) electrons. The van der Waals surface area contributed by atoms with E-state index in [9.17, 15) is 4.79 Å². The standard InChI is InChI=1S/C14H27NO2/c1-11(2)9-8-10-14(6,7)15-12(16)17-13(3,4)5/h9H,8,10H2,1-7H3,(H,15,16). The molecule has 0 aromatic rings. The van der Waals surface area contributed by atoms with Crippen molar-refractivity contribution in [1.29, 1.82) is 0 Å². The van der Waals surface area contributed by atoms with Gasteiger partial charge in [0.1, 0.15) is 5.60 Å². The topological polar surface area (TPSA) is 38.3 Å². The smallest absolute Gasteiger partial charge is 0.408 e. The van der Waals surface area contributed by atoms with Crippen LogP contribution in [0.25, 0.3) is 0 Å². The monoisotopic (exact) mass is 241 g/mol. The number of nitrogens with one attached hydrogen (secondary N) is 1. The molecule has 0 aliphatic carbocycles. The van der Waals surface area contributed by atoms with Gasteiger partial charge in [0.25, 0.3) is 0 Å². The van der Waals surface area contributed by atoms with Crippen molar-refractivity contribution < 1.29 is 9.53 Å². The van der Waals surface area contributed by atoms with Crippen molar-refractivity contribution in [1.82, 2.24) is 5.32 Å². The minimum Gasteiger partial charge on any atom is -0.444 e. The molecular weight excluding hydrogens is 214 g/mol. The minimum atomic E-state index is -0.444. The SMILES string of the molecule is CC(C)=CCCC(C)(C)NC(=O)OC(C)(C)C. The summed E-state index contributed by atoms with van der Waals surface area (Å²) in [6.07, 6.45) is 3.70. The lowest BCUT2D eigenvalue weighted by Crippen LogP contribution is -2.45. The highest BCUT2D eigenvalue weighted by Crippen LogP contribution is 2.14. The van der Waals surface area contributed by atoms with E-state index in [0.29, 0.717) is 0 Å². The molecule has 0 bridgehead atoms. The molecule has 0 rings (SSSR count). The zero-order chi connectivity index (χ0) is 13.7. The van der Waals surface area contributed by atoms with Gasteiger partial charge < -0.3 is 10.1 Å². The highest BCUT2D eigenvalue weighted by atomic mass is 16.6. The second-order valence-electron chi connectivity index (χ2n) is 6.33. The van der Waals surface area contributed by atoms with E-state index in [4.69, 9.17) is 4.74 Å². The lowest BCUT2D eigenvalue weighted by Gasteiger charge is -2.28. The fourth-order valence-electron chi connectivity index (χ4n) is 1.36. The van der Waals surface area contributed by atoms with Gasteiger partial charge in [-0.2, -0.15) is 0 Å². The summed E-state index contributed by atoms with van der Waals surface area (Å²) < 4.78 is 5.24. The van der Waals surface area contributed by atoms with E-state index in [0.717, 1.165) is 12.8 Å². The lowest BCUT2D eigenvalue weighted by molar-refractivity contribution is 0.0468. The Kier molecular flexibility index (Phi) is 5.73. The van der Waals surface area contributed by atoms with Gasteiger partial charge in [-0.05, 0) is 61.3 Å². The molecular formula is C14H27NO2. The normalized spacial score (nSPS) is 11.9. The first-order chi connectivity index (χ1) is 7.52. The zero-order valence-corrected chi connectivity index (χ0v) is 12.3. The van der Waals surface area contributed by atoms with E-state index >= 15 is 0 Å². The number of carbonyl (C=O) groups excluding carboxylic acids is 1. The second-order valence-corrected chi connectivity index (χ2v) is 6.33. The number of allylic oxidation sites excluding steroid dienone is 2. The molecule has 0 aliphatic rings. The fourth-order valence-corrected chi connectivity index (χ4v) is 1.36. The Morgan fingerprint density at radius 3 is 2.12 bits per heavy atom. The van der Waals surface area contributed by atoms with E-state index in [1.54, 1.807) is 0 Å². The van der Waals surface area contributed by atoms with E-state index < -0.39 is 5.60 Å². The number of carbonyl (C=O) groups is 1. The Balaban J connectivity index is 4.16. The van der Waals surface area contributed by atoms with E-state index in [1.165, 1.54) is 5.57 Å². The quantitative estimate of drug-likeness (QED) is 0.754. The van der Waals surface area contributed by atoms with Gasteiger partial charge in [-0.25, -0.2) is 4.79 Å². The summed E-state index contributed by atoms with van der Waals surface area (Å²) in [6.45, 7) is 13.8. The van der Waals surface area contributed by atoms with Crippen LogP contribution >= 0.6 is 0 Å². The van der Waals surface area contributed by atoms with Crippen molar-refractivity contribution in [3.8, 4) is 0 Å². The average Bonchev–Trinajstić information content (AvgIpc) is 1.96. The Morgan fingerprint density at radius 2 is 1.71 bits per heavy atom. The van der Waals surface area contributed by atoms with Crippen LogP contribution in [0.2, 0.25) is 0 Å². The second kappa shape index (κ2) is 6.08. The summed E-state index contributed by atoms with van der Waals surface area (Å²) in [5.41, 5.74) is 0.618. The van der Waals surface area contributed by atoms with Crippen molar-refractivity contribution in [2.24, 2.45) is 0 Å². The molecule has 1 N–H and O–H groups in total. The third-order valence-electron chi connectivity index (χ3n) is 2.16. The lowest BCUT2D eigenvalue weighted by atomic mass is 9.98. The molecule has 0 aliphatic heterocycles. The highest BCUT2D eigenvalue weighted by molar-refractivity contribution is 5.68. The Hall–Kier alpha value is -0.990. The third kappa shape index (κ3) is 9.91. The fraction of sp³-hybridized carbons (Fsp3) is 0.786. The van der Waals surface area contributed by atoms with Crippen LogP contribution in [0.15, 0.2) is 11.6 Å². The van der Waals surface area contributed by atoms with Crippen LogP contribution in [0.1, 0.15) is 61.3 Å². The molecule has 0 saturated carbocycles. The predicted molar refractivity (Wildman–Crippen MR) is 72.1 cm³/mol. The molecule has 0 fully saturated rings. The zero-order valence-electron chi connectivity index (χ0n) is 12.3. The van der Waals surface area contributed by atoms with Crippen molar-refractivity contribution in [2.45, 2.75) is 72.4 Å². The number of hydrogen-bond acceptors (Lipinski definition) is 2. The van der Waals surface area contributed by atoms with Crippen LogP contribution < -0.4 is 5.32 Å². The van der Waals surface area contributed by atoms with Gasteiger partial charge in [0, 0.05) is 5.54 Å². The number of ether oxygens (including phenoxy) is 1. The predicted octanol–water partition coefficient (Wildman–Crippen LogP) is 4.04. The van der Waals surface area contributed by atoms with Crippen LogP contribution in [0, 0.1) is 0 Å². The van der Waals surface area contributed by atoms with Crippen LogP contribution in [0.4, 0.5) is 4.79 Å². The maximum absolute atomic E-state index is 11.6. The molecule has 3 heteroatoms. The summed E-state index contributed by atoms with van der Waals surface area (Å²) in [7, 11) is 0. The molecule has 100 valence electrons. The molecule has 1 amide bonds. The number of amides is 1. The summed E-state index contributed by atoms with van der Waals surface area (Å²) in [5, 5.41) is 2.90. The molecule has 0 aromatic heterocycles. The van der Waals surface area contributed by atoms with Crippen molar-refractivity contribution in [3.63, 3.8) is 0 Å². The Morgan fingerprint density at radius 1 is 1.18 bits per heavy atom. The number of hydrogen-bond donors (Lipinski definition) is 1. The average molecular weight is 241 g/mol. The Labute approximate surface area is 106 Å². The minimum absolute atomic E-state index is 0.242. The largest absolute Gasteiger partial charge is 0.444 e. The van der Waals surface area contributed by atoms with Gasteiger partial charge >= 0.3 is 6.09 Å². The van der Waals surface area contributed by atoms with Gasteiger partial charge in [0.2, 0.25) is 0 Å². The van der Waals surface area contributed by atoms with Gasteiger partial charge in [-0.15, -0.1) is 0 Å². The van der Waals surface area contributed by atoms with Crippen molar-refractivity contribution in [3.05, 3.63) is 11.6 Å². The summed E-state index contributed by atoms with van der Waals surface area (Å²) >= 11 is 0. The molecule has 17 heavy (non-hydrogen) atoms. The van der Waals surface area contributed by atoms with Gasteiger partial charge in [0.05, 0.1) is 0 Å². The number of rotatable bonds is 4. The van der Waals surface area contributed by atoms with Crippen LogP contribution in [-0.2, 0) is 4.74 Å². The highest BCUT2D eigenvalue weighted by Gasteiger charge is 2.23. The summed E-state index contributed by atoms with van der Waals surface area (Å²) in [4.78, 5) is 11.6. The molecule has 0 heterocycles. The molecule has 0 saturated heterocycles. The van der Waals surface area contributed by atoms with Crippen LogP contribution in [0.3, 0.4) is 0 Å². The van der Waals surface area contributed by atoms with Crippen LogP contribution in [0.5, 0.6) is 0 Å². The van der Waals surface area contributed by atoms with E-state index in [-0.39, 0.29) is 11.6 Å². The van der Waals surface area contributed by atoms with Gasteiger partial charge in [-0.1, -0.05) is 11.6 Å². The number of alkyl carbamates (subject to hydrolysis) is 1. The van der Waals surface area contributed by atoms with E-state index in [2.05, 4.69) is 25.2 Å². The van der Waals surface area contributed by atoms with Gasteiger partial charge in [0.15, 0.2) is 0 Å². The summed E-state index contributed by atoms with van der Waals surface area (Å²) in [6, 6.07) is 0. The summed E-state index contributed by atoms with van der Waals surface area (Å²) in [5.74, 6) is 0. The first kappa shape index (κ1) is 16.0. The molecule has 0 aromatic carbocycles. The van der Waals surface area contributed by atoms with E-state index in [1.807, 2.05) is 34.6 Å². The maximum atomic E-state index is 11.6. The molecule has 0 unspecified atom stereocenters. The Bertz CT molecular complexity index is 281. The van der Waals surface area contributed by atoms with Gasteiger partial charge in [-0.3, -0.25) is 0 Å². The first-order valence-electron chi connectivity index (χ1n) is 6.16. The molecule has 0 spiro atoms. The molecule has 3 nitrogen and oxygen atoms in total. The van der Waals surface area contributed by atoms with Crippen molar-refractivity contribution >= 4 is 6.09 Å². The van der Waals surface area contributed by atoms with Crippen LogP contribution in [-0.4, -0.2) is 17.2 Å². The molecule has 0 atom stereocenters. The first-order valence-corrected chi connectivity index (χ1v) is 6.16.